The number of hydrogen-bond donors (Lipinski definition) is 1. The summed E-state index contributed by atoms with van der Waals surface area (Å²) in [6.07, 6.45) is 3.97. The van der Waals surface area contributed by atoms with Gasteiger partial charge in [-0.15, -0.1) is 0 Å². The lowest BCUT2D eigenvalue weighted by Gasteiger charge is -2.26. The molecule has 0 fully saturated rings. The van der Waals surface area contributed by atoms with Crippen LogP contribution in [0.4, 0.5) is 0 Å². The summed E-state index contributed by atoms with van der Waals surface area (Å²) in [7, 11) is 0. The van der Waals surface area contributed by atoms with Gasteiger partial charge in [0, 0.05) is 12.4 Å². The Bertz CT molecular complexity index is 753. The van der Waals surface area contributed by atoms with Gasteiger partial charge in [-0.3, -0.25) is 9.98 Å². The standard InChI is InChI=1S/C20H20N4/c1-15-14-22-20-19(21-12-13-24(15)20)23-18(16-8-4-2-5-9-16)17-10-6-3-7-11-17/h2-13,15,18H,14H2,1H3,(H,21,23). The lowest BCUT2D eigenvalue weighted by molar-refractivity contribution is 0.471. The van der Waals surface area contributed by atoms with Gasteiger partial charge in [-0.1, -0.05) is 60.7 Å². The first kappa shape index (κ1) is 14.7. The highest BCUT2D eigenvalue weighted by molar-refractivity contribution is 6.41. The molecule has 2 aromatic rings. The fourth-order valence-corrected chi connectivity index (χ4v) is 3.11. The zero-order valence-corrected chi connectivity index (χ0v) is 13.6. The summed E-state index contributed by atoms with van der Waals surface area (Å²) < 4.78 is 0. The van der Waals surface area contributed by atoms with Gasteiger partial charge in [0.05, 0.1) is 12.6 Å². The van der Waals surface area contributed by atoms with Crippen LogP contribution in [0.5, 0.6) is 0 Å². The van der Waals surface area contributed by atoms with Gasteiger partial charge >= 0.3 is 0 Å². The van der Waals surface area contributed by atoms with Crippen LogP contribution in [0.3, 0.4) is 0 Å². The molecule has 0 bridgehead atoms. The normalized spacial score (nSPS) is 20.9. The monoisotopic (exact) mass is 316 g/mol. The van der Waals surface area contributed by atoms with E-state index in [0.717, 1.165) is 18.2 Å². The third-order valence-electron chi connectivity index (χ3n) is 4.38. The molecule has 2 aliphatic heterocycles. The highest BCUT2D eigenvalue weighted by Gasteiger charge is 2.29. The zero-order valence-electron chi connectivity index (χ0n) is 13.6. The Balaban J connectivity index is 1.76. The van der Waals surface area contributed by atoms with Crippen LogP contribution < -0.4 is 5.32 Å². The van der Waals surface area contributed by atoms with E-state index in [-0.39, 0.29) is 6.04 Å². The molecule has 0 aromatic heterocycles. The quantitative estimate of drug-likeness (QED) is 0.943. The number of aliphatic imine (C=N–C) groups is 2. The third-order valence-corrected chi connectivity index (χ3v) is 4.38. The van der Waals surface area contributed by atoms with Gasteiger partial charge in [0.1, 0.15) is 6.04 Å². The van der Waals surface area contributed by atoms with E-state index in [1.165, 1.54) is 11.1 Å². The van der Waals surface area contributed by atoms with Crippen molar-refractivity contribution in [3.63, 3.8) is 0 Å². The van der Waals surface area contributed by atoms with Crippen LogP contribution in [0.15, 0.2) is 83.0 Å². The molecule has 2 aromatic carbocycles. The van der Waals surface area contributed by atoms with E-state index in [9.17, 15) is 0 Å². The molecule has 0 spiro atoms. The van der Waals surface area contributed by atoms with Crippen molar-refractivity contribution in [2.24, 2.45) is 9.98 Å². The van der Waals surface area contributed by atoms with Crippen LogP contribution in [0.25, 0.3) is 0 Å². The molecule has 120 valence electrons. The summed E-state index contributed by atoms with van der Waals surface area (Å²) in [6, 6.07) is 21.1. The first-order valence-electron chi connectivity index (χ1n) is 8.27. The SMILES string of the molecule is CC1CN=C2C(=NC(c3ccccc3)c3ccccc3)NC=CN21. The Kier molecular flexibility index (Phi) is 3.87. The van der Waals surface area contributed by atoms with Crippen molar-refractivity contribution in [2.45, 2.75) is 19.0 Å². The number of hydrogen-bond acceptors (Lipinski definition) is 3. The van der Waals surface area contributed by atoms with Crippen molar-refractivity contribution in [3.05, 3.63) is 84.2 Å². The Hall–Kier alpha value is -2.88. The van der Waals surface area contributed by atoms with Gasteiger partial charge in [-0.2, -0.15) is 0 Å². The topological polar surface area (TPSA) is 40.0 Å². The molecule has 1 unspecified atom stereocenters. The number of benzene rings is 2. The van der Waals surface area contributed by atoms with Crippen LogP contribution in [0, 0.1) is 0 Å². The largest absolute Gasteiger partial charge is 0.342 e. The van der Waals surface area contributed by atoms with Crippen LogP contribution >= 0.6 is 0 Å². The van der Waals surface area contributed by atoms with Crippen molar-refractivity contribution in [3.8, 4) is 0 Å². The number of amidine groups is 2. The second-order valence-corrected chi connectivity index (χ2v) is 6.08. The molecule has 1 N–H and O–H groups in total. The number of nitrogens with one attached hydrogen (secondary N) is 1. The highest BCUT2D eigenvalue weighted by atomic mass is 15.3. The van der Waals surface area contributed by atoms with E-state index >= 15 is 0 Å². The smallest absolute Gasteiger partial charge is 0.171 e. The molecule has 24 heavy (non-hydrogen) atoms. The predicted molar refractivity (Wildman–Crippen MR) is 98.0 cm³/mol. The van der Waals surface area contributed by atoms with E-state index in [1.807, 2.05) is 24.5 Å². The Morgan fingerprint density at radius 1 is 1.04 bits per heavy atom. The van der Waals surface area contributed by atoms with Crippen LogP contribution in [-0.2, 0) is 0 Å². The lowest BCUT2D eigenvalue weighted by atomic mass is 9.99. The van der Waals surface area contributed by atoms with Crippen LogP contribution in [-0.4, -0.2) is 29.2 Å². The summed E-state index contributed by atoms with van der Waals surface area (Å²) >= 11 is 0. The van der Waals surface area contributed by atoms with Gasteiger partial charge in [-0.25, -0.2) is 0 Å². The molecule has 0 saturated heterocycles. The average molecular weight is 316 g/mol. The minimum Gasteiger partial charge on any atom is -0.342 e. The third kappa shape index (κ3) is 2.71. The van der Waals surface area contributed by atoms with Crippen LogP contribution in [0.1, 0.15) is 24.1 Å². The van der Waals surface area contributed by atoms with Crippen molar-refractivity contribution >= 4 is 11.7 Å². The molecule has 1 atom stereocenters. The van der Waals surface area contributed by atoms with E-state index < -0.39 is 0 Å². The zero-order chi connectivity index (χ0) is 16.4. The first-order chi connectivity index (χ1) is 11.8. The second-order valence-electron chi connectivity index (χ2n) is 6.08. The summed E-state index contributed by atoms with van der Waals surface area (Å²) in [5, 5.41) is 3.28. The van der Waals surface area contributed by atoms with Gasteiger partial charge in [0.15, 0.2) is 11.7 Å². The molecule has 4 rings (SSSR count). The summed E-state index contributed by atoms with van der Waals surface area (Å²) in [6.45, 7) is 2.98. The van der Waals surface area contributed by atoms with E-state index in [4.69, 9.17) is 4.99 Å². The summed E-state index contributed by atoms with van der Waals surface area (Å²) in [4.78, 5) is 11.9. The minimum absolute atomic E-state index is 0.0538. The van der Waals surface area contributed by atoms with E-state index in [0.29, 0.717) is 6.04 Å². The van der Waals surface area contributed by atoms with E-state index in [2.05, 4.69) is 70.7 Å². The molecule has 4 heteroatoms. The second kappa shape index (κ2) is 6.32. The number of nitrogens with zero attached hydrogens (tertiary/aromatic N) is 3. The minimum atomic E-state index is -0.0538. The maximum absolute atomic E-state index is 5.04. The Morgan fingerprint density at radius 3 is 2.29 bits per heavy atom. The highest BCUT2D eigenvalue weighted by Crippen LogP contribution is 2.27. The van der Waals surface area contributed by atoms with Crippen LogP contribution in [0.2, 0.25) is 0 Å². The molecule has 2 heterocycles. The molecule has 2 aliphatic rings. The number of fused-ring (bicyclic) bond motifs is 1. The maximum Gasteiger partial charge on any atom is 0.171 e. The molecular formula is C20H20N4. The fraction of sp³-hybridized carbons (Fsp3) is 0.200. The van der Waals surface area contributed by atoms with Crippen molar-refractivity contribution in [1.29, 1.82) is 0 Å². The lowest BCUT2D eigenvalue weighted by Crippen LogP contribution is -2.43. The molecule has 0 amide bonds. The van der Waals surface area contributed by atoms with Gasteiger partial charge in [0.25, 0.3) is 0 Å². The summed E-state index contributed by atoms with van der Waals surface area (Å²) in [5.74, 6) is 1.77. The molecule has 0 radical (unpaired) electrons. The van der Waals surface area contributed by atoms with E-state index in [1.54, 1.807) is 0 Å². The molecule has 0 aliphatic carbocycles. The predicted octanol–water partition coefficient (Wildman–Crippen LogP) is 3.35. The molecule has 4 nitrogen and oxygen atoms in total. The molecular weight excluding hydrogens is 296 g/mol. The van der Waals surface area contributed by atoms with Crippen molar-refractivity contribution in [1.82, 2.24) is 10.2 Å². The van der Waals surface area contributed by atoms with Gasteiger partial charge < -0.3 is 10.2 Å². The average Bonchev–Trinajstić information content (AvgIpc) is 3.03. The Labute approximate surface area is 142 Å². The van der Waals surface area contributed by atoms with Gasteiger partial charge in [0.2, 0.25) is 0 Å². The van der Waals surface area contributed by atoms with Crippen molar-refractivity contribution in [2.75, 3.05) is 6.54 Å². The molecule has 0 saturated carbocycles. The van der Waals surface area contributed by atoms with Gasteiger partial charge in [-0.05, 0) is 18.1 Å². The summed E-state index contributed by atoms with van der Waals surface area (Å²) in [5.41, 5.74) is 2.34. The first-order valence-corrected chi connectivity index (χ1v) is 8.27. The maximum atomic E-state index is 5.04. The number of rotatable bonds is 3. The fourth-order valence-electron chi connectivity index (χ4n) is 3.11. The Morgan fingerprint density at radius 2 is 1.67 bits per heavy atom. The van der Waals surface area contributed by atoms with Crippen molar-refractivity contribution < 1.29 is 0 Å².